The molecule has 0 aromatic heterocycles. The van der Waals surface area contributed by atoms with E-state index in [0.29, 0.717) is 13.0 Å². The number of benzene rings is 1. The molecule has 1 amide bonds. The number of rotatable bonds is 7. The average molecular weight is 377 g/mol. The second-order valence-corrected chi connectivity index (χ2v) is 9.01. The topological polar surface area (TPSA) is 70.6 Å². The third kappa shape index (κ3) is 7.89. The van der Waals surface area contributed by atoms with E-state index in [2.05, 4.69) is 17.6 Å². The molecule has 0 radical (unpaired) electrons. The van der Waals surface area contributed by atoms with Crippen molar-refractivity contribution < 1.29 is 14.6 Å². The molecule has 0 spiro atoms. The van der Waals surface area contributed by atoms with Crippen molar-refractivity contribution in [3.8, 4) is 0 Å². The van der Waals surface area contributed by atoms with E-state index < -0.39 is 23.8 Å². The predicted molar refractivity (Wildman–Crippen MR) is 109 cm³/mol. The van der Waals surface area contributed by atoms with Gasteiger partial charge in [0.1, 0.15) is 5.60 Å². The first-order valence-corrected chi connectivity index (χ1v) is 10.1. The minimum Gasteiger partial charge on any atom is -0.444 e. The van der Waals surface area contributed by atoms with Crippen molar-refractivity contribution in [1.29, 1.82) is 0 Å². The average Bonchev–Trinajstić information content (AvgIpc) is 2.59. The number of nitrogens with one attached hydrogen (secondary N) is 2. The number of aliphatic hydroxyl groups is 1. The molecule has 1 aromatic carbocycles. The molecule has 1 aliphatic carbocycles. The highest BCUT2D eigenvalue weighted by atomic mass is 16.6. The number of amides is 1. The highest BCUT2D eigenvalue weighted by molar-refractivity contribution is 5.68. The molecule has 1 fully saturated rings. The first kappa shape index (κ1) is 21.7. The van der Waals surface area contributed by atoms with Crippen LogP contribution >= 0.6 is 0 Å². The van der Waals surface area contributed by atoms with Crippen LogP contribution < -0.4 is 10.6 Å². The summed E-state index contributed by atoms with van der Waals surface area (Å²) in [5.74, 6) is 0. The molecular formula is C22H36N2O3. The number of alkyl carbamates (subject to hydrolysis) is 1. The summed E-state index contributed by atoms with van der Waals surface area (Å²) < 4.78 is 5.39. The molecule has 5 heteroatoms. The monoisotopic (exact) mass is 376 g/mol. The first-order valence-electron chi connectivity index (χ1n) is 10.1. The Morgan fingerprint density at radius 1 is 1.19 bits per heavy atom. The van der Waals surface area contributed by atoms with Crippen molar-refractivity contribution >= 4 is 6.09 Å². The summed E-state index contributed by atoms with van der Waals surface area (Å²) in [6, 6.07) is 9.49. The molecule has 0 aliphatic heterocycles. The van der Waals surface area contributed by atoms with Gasteiger partial charge < -0.3 is 20.5 Å². The van der Waals surface area contributed by atoms with Crippen molar-refractivity contribution in [2.45, 2.75) is 89.5 Å². The summed E-state index contributed by atoms with van der Waals surface area (Å²) in [5, 5.41) is 17.2. The molecule has 5 nitrogen and oxygen atoms in total. The molecular weight excluding hydrogens is 340 g/mol. The van der Waals surface area contributed by atoms with E-state index in [1.165, 1.54) is 19.3 Å². The maximum absolute atomic E-state index is 12.3. The van der Waals surface area contributed by atoms with E-state index >= 15 is 0 Å². The van der Waals surface area contributed by atoms with Gasteiger partial charge in [0.25, 0.3) is 0 Å². The zero-order chi connectivity index (χ0) is 19.9. The van der Waals surface area contributed by atoms with Crippen molar-refractivity contribution in [3.05, 3.63) is 35.9 Å². The van der Waals surface area contributed by atoms with E-state index in [9.17, 15) is 9.90 Å². The van der Waals surface area contributed by atoms with Crippen LogP contribution in [0.5, 0.6) is 0 Å². The number of β-amino-alcohol motifs (C(OH)–C–C–N with tert-alkyl or cyclic N) is 1. The highest BCUT2D eigenvalue weighted by Crippen LogP contribution is 2.27. The summed E-state index contributed by atoms with van der Waals surface area (Å²) in [4.78, 5) is 12.3. The lowest BCUT2D eigenvalue weighted by molar-refractivity contribution is 0.0411. The minimum absolute atomic E-state index is 0.0719. The quantitative estimate of drug-likeness (QED) is 0.677. The lowest BCUT2D eigenvalue weighted by atomic mass is 9.83. The van der Waals surface area contributed by atoms with Gasteiger partial charge >= 0.3 is 6.09 Å². The molecule has 27 heavy (non-hydrogen) atoms. The lowest BCUT2D eigenvalue weighted by Gasteiger charge is -2.36. The Morgan fingerprint density at radius 2 is 1.81 bits per heavy atom. The molecule has 1 aliphatic rings. The Kier molecular flexibility index (Phi) is 7.68. The van der Waals surface area contributed by atoms with Crippen LogP contribution in [0.3, 0.4) is 0 Å². The second-order valence-electron chi connectivity index (χ2n) is 9.01. The number of hydrogen-bond donors (Lipinski definition) is 3. The van der Waals surface area contributed by atoms with Crippen LogP contribution in [0.1, 0.15) is 65.4 Å². The van der Waals surface area contributed by atoms with Gasteiger partial charge in [0, 0.05) is 12.1 Å². The smallest absolute Gasteiger partial charge is 0.407 e. The Morgan fingerprint density at radius 3 is 2.41 bits per heavy atom. The van der Waals surface area contributed by atoms with Gasteiger partial charge in [-0.15, -0.1) is 0 Å². The molecule has 0 saturated heterocycles. The zero-order valence-electron chi connectivity index (χ0n) is 17.3. The van der Waals surface area contributed by atoms with Gasteiger partial charge in [-0.05, 0) is 52.5 Å². The number of carbonyl (C=O) groups is 1. The van der Waals surface area contributed by atoms with Gasteiger partial charge in [0.05, 0.1) is 12.1 Å². The summed E-state index contributed by atoms with van der Waals surface area (Å²) in [5.41, 5.74) is 0.573. The Bertz CT molecular complexity index is 577. The van der Waals surface area contributed by atoms with E-state index in [4.69, 9.17) is 4.74 Å². The summed E-state index contributed by atoms with van der Waals surface area (Å²) in [6.07, 6.45) is 5.36. The molecule has 152 valence electrons. The normalized spacial score (nSPS) is 19.1. The maximum atomic E-state index is 12.3. The van der Waals surface area contributed by atoms with Gasteiger partial charge in [0.15, 0.2) is 0 Å². The Balaban J connectivity index is 1.99. The van der Waals surface area contributed by atoms with Crippen molar-refractivity contribution in [3.63, 3.8) is 0 Å². The van der Waals surface area contributed by atoms with Gasteiger partial charge in [-0.3, -0.25) is 0 Å². The van der Waals surface area contributed by atoms with Crippen LogP contribution in [0.2, 0.25) is 0 Å². The third-order valence-corrected chi connectivity index (χ3v) is 5.16. The van der Waals surface area contributed by atoms with Gasteiger partial charge in [-0.25, -0.2) is 4.79 Å². The van der Waals surface area contributed by atoms with Gasteiger partial charge in [-0.1, -0.05) is 49.6 Å². The van der Waals surface area contributed by atoms with Crippen LogP contribution in [-0.2, 0) is 11.2 Å². The maximum Gasteiger partial charge on any atom is 0.407 e. The number of carbonyl (C=O) groups excluding carboxylic acids is 1. The van der Waals surface area contributed by atoms with Crippen LogP contribution in [-0.4, -0.2) is 41.0 Å². The summed E-state index contributed by atoms with van der Waals surface area (Å²) >= 11 is 0. The standard InChI is InChI=1S/C22H36N2O3/c1-21(2,3)27-20(26)24-18(15-17-11-7-5-8-12-17)19(25)16-23-22(4)13-9-6-10-14-22/h5,7-8,11-12,18-19,23,25H,6,9-10,13-16H2,1-4H3,(H,24,26)/t18-,19+/m0/s1. The van der Waals surface area contributed by atoms with E-state index in [-0.39, 0.29) is 5.54 Å². The molecule has 3 N–H and O–H groups in total. The zero-order valence-corrected chi connectivity index (χ0v) is 17.3. The number of aliphatic hydroxyl groups excluding tert-OH is 1. The van der Waals surface area contributed by atoms with Gasteiger partial charge in [-0.2, -0.15) is 0 Å². The molecule has 2 rings (SSSR count). The van der Waals surface area contributed by atoms with Crippen LogP contribution in [0.4, 0.5) is 4.79 Å². The fourth-order valence-corrected chi connectivity index (χ4v) is 3.61. The molecule has 2 atom stereocenters. The SMILES string of the molecule is CC1(NC[C@@H](O)[C@H](Cc2ccccc2)NC(=O)OC(C)(C)C)CCCCC1. The third-order valence-electron chi connectivity index (χ3n) is 5.16. The number of hydrogen-bond acceptors (Lipinski definition) is 4. The molecule has 1 saturated carbocycles. The van der Waals surface area contributed by atoms with Crippen molar-refractivity contribution in [2.75, 3.05) is 6.54 Å². The van der Waals surface area contributed by atoms with Crippen LogP contribution in [0.15, 0.2) is 30.3 Å². The molecule has 0 unspecified atom stereocenters. The Hall–Kier alpha value is -1.59. The summed E-state index contributed by atoms with van der Waals surface area (Å²) in [7, 11) is 0. The highest BCUT2D eigenvalue weighted by Gasteiger charge is 2.30. The minimum atomic E-state index is -0.698. The summed E-state index contributed by atoms with van der Waals surface area (Å²) in [6.45, 7) is 8.18. The molecule has 0 heterocycles. The van der Waals surface area contributed by atoms with Crippen molar-refractivity contribution in [1.82, 2.24) is 10.6 Å². The second kappa shape index (κ2) is 9.56. The van der Waals surface area contributed by atoms with Crippen LogP contribution in [0, 0.1) is 0 Å². The van der Waals surface area contributed by atoms with Crippen LogP contribution in [0.25, 0.3) is 0 Å². The van der Waals surface area contributed by atoms with E-state index in [1.54, 1.807) is 0 Å². The molecule has 0 bridgehead atoms. The fourth-order valence-electron chi connectivity index (χ4n) is 3.61. The molecule has 1 aromatic rings. The van der Waals surface area contributed by atoms with Crippen molar-refractivity contribution in [2.24, 2.45) is 0 Å². The Labute approximate surface area is 163 Å². The number of ether oxygens (including phenoxy) is 1. The van der Waals surface area contributed by atoms with E-state index in [0.717, 1.165) is 18.4 Å². The first-order chi connectivity index (χ1) is 12.7. The largest absolute Gasteiger partial charge is 0.444 e. The predicted octanol–water partition coefficient (Wildman–Crippen LogP) is 3.80. The van der Waals surface area contributed by atoms with E-state index in [1.807, 2.05) is 51.1 Å². The lowest BCUT2D eigenvalue weighted by Crippen LogP contribution is -2.54. The van der Waals surface area contributed by atoms with Gasteiger partial charge in [0.2, 0.25) is 0 Å². The fraction of sp³-hybridized carbons (Fsp3) is 0.682.